The molecule has 2 N–H and O–H groups in total. The van der Waals surface area contributed by atoms with E-state index in [4.69, 9.17) is 16.3 Å². The molecule has 0 atom stereocenters. The van der Waals surface area contributed by atoms with Crippen LogP contribution in [0.2, 0.25) is 5.02 Å². The van der Waals surface area contributed by atoms with Crippen LogP contribution in [-0.4, -0.2) is 23.3 Å². The third-order valence-corrected chi connectivity index (χ3v) is 4.56. The number of carbonyl (C=O) groups is 1. The molecular weight excluding hydrogens is 407 g/mol. The molecule has 154 valence electrons. The average Bonchev–Trinajstić information content (AvgIpc) is 2.70. The molecule has 0 spiro atoms. The number of ether oxygens (including phenoxy) is 1. The Morgan fingerprint density at radius 3 is 2.67 bits per heavy atom. The molecule has 0 saturated heterocycles. The second kappa shape index (κ2) is 9.41. The third-order valence-electron chi connectivity index (χ3n) is 4.32. The number of aliphatic imine (C=N–C) groups is 1. The highest BCUT2D eigenvalue weighted by Crippen LogP contribution is 2.30. The van der Waals surface area contributed by atoms with E-state index in [0.717, 1.165) is 5.56 Å². The molecule has 0 radical (unpaired) electrons. The number of para-hydroxylation sites is 1. The Balaban J connectivity index is 1.68. The number of aryl methyl sites for hydroxylation is 1. The van der Waals surface area contributed by atoms with Crippen LogP contribution in [0.5, 0.6) is 11.5 Å². The first-order chi connectivity index (χ1) is 14.3. The number of benzene rings is 3. The van der Waals surface area contributed by atoms with Gasteiger partial charge in [-0.3, -0.25) is 4.79 Å². The average molecular weight is 427 g/mol. The van der Waals surface area contributed by atoms with Gasteiger partial charge in [0.05, 0.1) is 0 Å². The molecule has 0 saturated carbocycles. The molecular formula is C23H20ClFN2O3. The lowest BCUT2D eigenvalue weighted by molar-refractivity contribution is -0.118. The van der Waals surface area contributed by atoms with E-state index in [9.17, 15) is 14.3 Å². The van der Waals surface area contributed by atoms with Crippen molar-refractivity contribution in [3.05, 3.63) is 82.6 Å². The maximum atomic E-state index is 14.6. The minimum Gasteiger partial charge on any atom is -0.506 e. The fourth-order valence-corrected chi connectivity index (χ4v) is 2.94. The van der Waals surface area contributed by atoms with Crippen LogP contribution in [0, 0.1) is 12.7 Å². The topological polar surface area (TPSA) is 70.9 Å². The van der Waals surface area contributed by atoms with Crippen LogP contribution in [0.4, 0.5) is 15.8 Å². The SMILES string of the molecule is CC(=Nc1cc(Cl)ccc1O)c1ccc(NC(=O)COc2ccccc2C)cc1F. The van der Waals surface area contributed by atoms with Crippen LogP contribution in [0.15, 0.2) is 65.7 Å². The first-order valence-corrected chi connectivity index (χ1v) is 9.53. The highest BCUT2D eigenvalue weighted by molar-refractivity contribution is 6.30. The highest BCUT2D eigenvalue weighted by atomic mass is 35.5. The third kappa shape index (κ3) is 5.36. The number of amides is 1. The minimum atomic E-state index is -0.560. The summed E-state index contributed by atoms with van der Waals surface area (Å²) in [5.74, 6) is -0.406. The molecule has 0 aromatic heterocycles. The normalized spacial score (nSPS) is 11.3. The van der Waals surface area contributed by atoms with Crippen molar-refractivity contribution in [1.29, 1.82) is 0 Å². The second-order valence-corrected chi connectivity index (χ2v) is 7.06. The predicted octanol–water partition coefficient (Wildman–Crippen LogP) is 5.65. The molecule has 7 heteroatoms. The van der Waals surface area contributed by atoms with Crippen LogP contribution >= 0.6 is 11.6 Å². The van der Waals surface area contributed by atoms with E-state index in [1.54, 1.807) is 19.1 Å². The van der Waals surface area contributed by atoms with Crippen molar-refractivity contribution < 1.29 is 19.0 Å². The molecule has 0 bridgehead atoms. The number of hydrogen-bond acceptors (Lipinski definition) is 4. The fourth-order valence-electron chi connectivity index (χ4n) is 2.77. The van der Waals surface area contributed by atoms with Crippen molar-refractivity contribution in [1.82, 2.24) is 0 Å². The first-order valence-electron chi connectivity index (χ1n) is 9.15. The summed E-state index contributed by atoms with van der Waals surface area (Å²) in [5.41, 5.74) is 2.05. The van der Waals surface area contributed by atoms with Crippen LogP contribution < -0.4 is 10.1 Å². The van der Waals surface area contributed by atoms with Gasteiger partial charge in [0.1, 0.15) is 23.0 Å². The summed E-state index contributed by atoms with van der Waals surface area (Å²) >= 11 is 5.92. The Bertz CT molecular complexity index is 1120. The molecule has 1 amide bonds. The van der Waals surface area contributed by atoms with Crippen LogP contribution in [-0.2, 0) is 4.79 Å². The Morgan fingerprint density at radius 2 is 1.93 bits per heavy atom. The number of phenolic OH excluding ortho intramolecular Hbond substituents is 1. The fraction of sp³-hybridized carbons (Fsp3) is 0.130. The molecule has 3 aromatic rings. The Labute approximate surface area is 178 Å². The maximum absolute atomic E-state index is 14.6. The Hall–Kier alpha value is -3.38. The molecule has 0 aliphatic heterocycles. The zero-order valence-electron chi connectivity index (χ0n) is 16.4. The molecule has 3 rings (SSSR count). The van der Waals surface area contributed by atoms with E-state index < -0.39 is 11.7 Å². The lowest BCUT2D eigenvalue weighted by Crippen LogP contribution is -2.20. The van der Waals surface area contributed by atoms with Crippen molar-refractivity contribution in [3.63, 3.8) is 0 Å². The van der Waals surface area contributed by atoms with Crippen LogP contribution in [0.25, 0.3) is 0 Å². The van der Waals surface area contributed by atoms with Crippen molar-refractivity contribution >= 4 is 34.6 Å². The Kier molecular flexibility index (Phi) is 6.69. The van der Waals surface area contributed by atoms with E-state index in [0.29, 0.717) is 22.2 Å². The van der Waals surface area contributed by atoms with E-state index in [1.165, 1.54) is 30.3 Å². The lowest BCUT2D eigenvalue weighted by atomic mass is 10.1. The molecule has 30 heavy (non-hydrogen) atoms. The number of phenols is 1. The summed E-state index contributed by atoms with van der Waals surface area (Å²) in [6, 6.07) is 16.1. The summed E-state index contributed by atoms with van der Waals surface area (Å²) in [6.07, 6.45) is 0. The summed E-state index contributed by atoms with van der Waals surface area (Å²) in [6.45, 7) is 3.31. The van der Waals surface area contributed by atoms with Gasteiger partial charge in [0.25, 0.3) is 5.91 Å². The second-order valence-electron chi connectivity index (χ2n) is 6.63. The number of nitrogens with zero attached hydrogens (tertiary/aromatic N) is 1. The van der Waals surface area contributed by atoms with Crippen molar-refractivity contribution in [2.45, 2.75) is 13.8 Å². The molecule has 0 aliphatic carbocycles. The van der Waals surface area contributed by atoms with Gasteiger partial charge >= 0.3 is 0 Å². The van der Waals surface area contributed by atoms with E-state index >= 15 is 0 Å². The monoisotopic (exact) mass is 426 g/mol. The minimum absolute atomic E-state index is 0.0586. The summed E-state index contributed by atoms with van der Waals surface area (Å²) < 4.78 is 20.1. The standard InChI is InChI=1S/C23H20ClFN2O3/c1-14-5-3-4-6-22(14)30-13-23(29)27-17-8-9-18(19(25)12-17)15(2)26-20-11-16(24)7-10-21(20)28/h3-12,28H,13H2,1-2H3,(H,27,29). The van der Waals surface area contributed by atoms with Crippen molar-refractivity contribution in [2.24, 2.45) is 4.99 Å². The molecule has 0 fully saturated rings. The van der Waals surface area contributed by atoms with E-state index in [1.807, 2.05) is 25.1 Å². The number of halogens is 2. The van der Waals surface area contributed by atoms with E-state index in [-0.39, 0.29) is 23.6 Å². The van der Waals surface area contributed by atoms with Gasteiger partial charge in [-0.2, -0.15) is 0 Å². The molecule has 3 aromatic carbocycles. The van der Waals surface area contributed by atoms with Gasteiger partial charge in [0.15, 0.2) is 6.61 Å². The summed E-state index contributed by atoms with van der Waals surface area (Å²) in [7, 11) is 0. The molecule has 0 unspecified atom stereocenters. The van der Waals surface area contributed by atoms with Gasteiger partial charge in [-0.1, -0.05) is 29.8 Å². The quantitative estimate of drug-likeness (QED) is 0.500. The van der Waals surface area contributed by atoms with Gasteiger partial charge in [-0.05, 0) is 61.9 Å². The lowest BCUT2D eigenvalue weighted by Gasteiger charge is -2.10. The maximum Gasteiger partial charge on any atom is 0.262 e. The van der Waals surface area contributed by atoms with Gasteiger partial charge in [0.2, 0.25) is 0 Å². The van der Waals surface area contributed by atoms with E-state index in [2.05, 4.69) is 10.3 Å². The number of aromatic hydroxyl groups is 1. The first kappa shape index (κ1) is 21.3. The summed E-state index contributed by atoms with van der Waals surface area (Å²) in [5, 5.41) is 12.9. The van der Waals surface area contributed by atoms with Crippen molar-refractivity contribution in [3.8, 4) is 11.5 Å². The number of nitrogens with one attached hydrogen (secondary N) is 1. The highest BCUT2D eigenvalue weighted by Gasteiger charge is 2.11. The van der Waals surface area contributed by atoms with Gasteiger partial charge in [0, 0.05) is 22.0 Å². The number of carbonyl (C=O) groups excluding carboxylic acids is 1. The predicted molar refractivity (Wildman–Crippen MR) is 117 cm³/mol. The smallest absolute Gasteiger partial charge is 0.262 e. The number of rotatable bonds is 6. The zero-order valence-corrected chi connectivity index (χ0v) is 17.2. The zero-order chi connectivity index (χ0) is 21.7. The van der Waals surface area contributed by atoms with Crippen LogP contribution in [0.3, 0.4) is 0 Å². The van der Waals surface area contributed by atoms with Gasteiger partial charge < -0.3 is 15.2 Å². The largest absolute Gasteiger partial charge is 0.506 e. The van der Waals surface area contributed by atoms with Crippen LogP contribution in [0.1, 0.15) is 18.1 Å². The van der Waals surface area contributed by atoms with Gasteiger partial charge in [-0.15, -0.1) is 0 Å². The molecule has 0 heterocycles. The van der Waals surface area contributed by atoms with Gasteiger partial charge in [-0.25, -0.2) is 9.38 Å². The number of anilines is 1. The molecule has 5 nitrogen and oxygen atoms in total. The summed E-state index contributed by atoms with van der Waals surface area (Å²) in [4.78, 5) is 16.4. The number of hydrogen-bond donors (Lipinski definition) is 2. The molecule has 0 aliphatic rings. The van der Waals surface area contributed by atoms with Crippen molar-refractivity contribution in [2.75, 3.05) is 11.9 Å². The Morgan fingerprint density at radius 1 is 1.17 bits per heavy atom.